The first kappa shape index (κ1) is 17.2. The molecule has 0 amide bonds. The summed E-state index contributed by atoms with van der Waals surface area (Å²) in [6.07, 6.45) is 1.76. The Hall–Kier alpha value is -2.65. The number of ether oxygens (including phenoxy) is 1. The van der Waals surface area contributed by atoms with Gasteiger partial charge in [0.15, 0.2) is 0 Å². The molecule has 0 bridgehead atoms. The Morgan fingerprint density at radius 2 is 1.80 bits per heavy atom. The molecule has 0 saturated heterocycles. The summed E-state index contributed by atoms with van der Waals surface area (Å²) in [5.74, 6) is 0.221. The van der Waals surface area contributed by atoms with Crippen LogP contribution in [0.15, 0.2) is 71.7 Å². The normalized spacial score (nSPS) is 11.0. The van der Waals surface area contributed by atoms with Gasteiger partial charge in [0.1, 0.15) is 18.2 Å². The maximum absolute atomic E-state index is 13.6. The van der Waals surface area contributed by atoms with Crippen LogP contribution in [0.4, 0.5) is 10.1 Å². The molecule has 0 aliphatic heterocycles. The predicted octanol–water partition coefficient (Wildman–Crippen LogP) is 6.12. The molecule has 0 radical (unpaired) electrons. The molecule has 126 valence electrons. The lowest BCUT2D eigenvalue weighted by atomic mass is 10.2. The minimum atomic E-state index is -0.291. The molecular weight excluding hydrogens is 337 g/mol. The van der Waals surface area contributed by atoms with Gasteiger partial charge in [-0.2, -0.15) is 0 Å². The number of para-hydroxylation sites is 1. The molecule has 3 rings (SSSR count). The van der Waals surface area contributed by atoms with E-state index in [1.807, 2.05) is 37.3 Å². The van der Waals surface area contributed by atoms with Crippen molar-refractivity contribution in [3.63, 3.8) is 0 Å². The van der Waals surface area contributed by atoms with E-state index in [4.69, 9.17) is 16.3 Å². The summed E-state index contributed by atoms with van der Waals surface area (Å²) >= 11 is 6.27. The predicted molar refractivity (Wildman–Crippen MR) is 101 cm³/mol. The lowest BCUT2D eigenvalue weighted by molar-refractivity contribution is 0.300. The lowest BCUT2D eigenvalue weighted by Crippen LogP contribution is -1.99. The third-order valence-electron chi connectivity index (χ3n) is 3.77. The van der Waals surface area contributed by atoms with Crippen LogP contribution in [0, 0.1) is 12.7 Å². The Morgan fingerprint density at radius 1 is 1.04 bits per heavy atom. The first-order chi connectivity index (χ1) is 12.1. The number of benzene rings is 3. The number of hydrogen-bond donors (Lipinski definition) is 0. The molecule has 0 heterocycles. The molecule has 0 aliphatic carbocycles. The molecule has 25 heavy (non-hydrogen) atoms. The largest absolute Gasteiger partial charge is 0.487 e. The standard InChI is InChI=1S/C21H17ClFNO/c1-15-6-2-5-9-20(15)24-13-16-10-11-21(18(22)12-16)25-14-17-7-3-4-8-19(17)23/h2-13H,14H2,1H3. The highest BCUT2D eigenvalue weighted by Crippen LogP contribution is 2.26. The molecule has 0 saturated carbocycles. The molecule has 0 N–H and O–H groups in total. The Bertz CT molecular complexity index is 908. The van der Waals surface area contributed by atoms with Crippen molar-refractivity contribution in [3.8, 4) is 5.75 Å². The summed E-state index contributed by atoms with van der Waals surface area (Å²) in [5.41, 5.74) is 3.38. The summed E-state index contributed by atoms with van der Waals surface area (Å²) in [7, 11) is 0. The zero-order valence-electron chi connectivity index (χ0n) is 13.7. The quantitative estimate of drug-likeness (QED) is 0.506. The maximum Gasteiger partial charge on any atom is 0.138 e. The van der Waals surface area contributed by atoms with E-state index in [1.165, 1.54) is 6.07 Å². The average molecular weight is 354 g/mol. The van der Waals surface area contributed by atoms with E-state index in [9.17, 15) is 4.39 Å². The van der Waals surface area contributed by atoms with Crippen molar-refractivity contribution in [1.29, 1.82) is 0 Å². The van der Waals surface area contributed by atoms with Gasteiger partial charge in [0, 0.05) is 11.8 Å². The number of nitrogens with zero attached hydrogens (tertiary/aromatic N) is 1. The molecule has 0 atom stereocenters. The van der Waals surface area contributed by atoms with Gasteiger partial charge in [-0.15, -0.1) is 0 Å². The molecule has 3 aromatic rings. The summed E-state index contributed by atoms with van der Waals surface area (Å²) in [4.78, 5) is 4.48. The second-order valence-corrected chi connectivity index (χ2v) is 6.02. The van der Waals surface area contributed by atoms with E-state index in [-0.39, 0.29) is 12.4 Å². The minimum absolute atomic E-state index is 0.128. The van der Waals surface area contributed by atoms with E-state index >= 15 is 0 Å². The first-order valence-corrected chi connectivity index (χ1v) is 8.27. The number of hydrogen-bond acceptors (Lipinski definition) is 2. The van der Waals surface area contributed by atoms with Crippen molar-refractivity contribution in [3.05, 3.63) is 94.3 Å². The zero-order chi connectivity index (χ0) is 17.6. The molecule has 3 aromatic carbocycles. The highest BCUT2D eigenvalue weighted by molar-refractivity contribution is 6.32. The SMILES string of the molecule is Cc1ccccc1N=Cc1ccc(OCc2ccccc2F)c(Cl)c1. The number of aliphatic imine (C=N–C) groups is 1. The Labute approximate surface area is 151 Å². The second-order valence-electron chi connectivity index (χ2n) is 5.61. The van der Waals surface area contributed by atoms with Crippen molar-refractivity contribution in [1.82, 2.24) is 0 Å². The van der Waals surface area contributed by atoms with Crippen molar-refractivity contribution in [2.24, 2.45) is 4.99 Å². The topological polar surface area (TPSA) is 21.6 Å². The van der Waals surface area contributed by atoms with Gasteiger partial charge in [-0.25, -0.2) is 4.39 Å². The fraction of sp³-hybridized carbons (Fsp3) is 0.0952. The number of rotatable bonds is 5. The third-order valence-corrected chi connectivity index (χ3v) is 4.06. The van der Waals surface area contributed by atoms with Crippen LogP contribution in [0.3, 0.4) is 0 Å². The van der Waals surface area contributed by atoms with E-state index in [2.05, 4.69) is 4.99 Å². The Morgan fingerprint density at radius 3 is 2.56 bits per heavy atom. The van der Waals surface area contributed by atoms with Crippen molar-refractivity contribution >= 4 is 23.5 Å². The van der Waals surface area contributed by atoms with Crippen LogP contribution in [0.1, 0.15) is 16.7 Å². The lowest BCUT2D eigenvalue weighted by Gasteiger charge is -2.09. The third kappa shape index (κ3) is 4.46. The summed E-state index contributed by atoms with van der Waals surface area (Å²) in [5, 5.41) is 0.463. The average Bonchev–Trinajstić information content (AvgIpc) is 2.61. The Kier molecular flexibility index (Phi) is 5.46. The smallest absolute Gasteiger partial charge is 0.138 e. The van der Waals surface area contributed by atoms with Gasteiger partial charge in [0.05, 0.1) is 10.7 Å². The fourth-order valence-corrected chi connectivity index (χ4v) is 2.58. The van der Waals surface area contributed by atoms with Crippen LogP contribution < -0.4 is 4.74 Å². The van der Waals surface area contributed by atoms with Gasteiger partial charge in [0.25, 0.3) is 0 Å². The van der Waals surface area contributed by atoms with Crippen molar-refractivity contribution < 1.29 is 9.13 Å². The molecule has 4 heteroatoms. The van der Waals surface area contributed by atoms with E-state index < -0.39 is 0 Å². The van der Waals surface area contributed by atoms with Crippen LogP contribution in [-0.4, -0.2) is 6.21 Å². The monoisotopic (exact) mass is 353 g/mol. The fourth-order valence-electron chi connectivity index (χ4n) is 2.34. The zero-order valence-corrected chi connectivity index (χ0v) is 14.5. The second kappa shape index (κ2) is 7.95. The Balaban J connectivity index is 1.71. The van der Waals surface area contributed by atoms with Gasteiger partial charge in [-0.05, 0) is 48.4 Å². The summed E-state index contributed by atoms with van der Waals surface area (Å²) in [6, 6.07) is 19.8. The van der Waals surface area contributed by atoms with Gasteiger partial charge >= 0.3 is 0 Å². The van der Waals surface area contributed by atoms with E-state index in [0.717, 1.165) is 16.8 Å². The van der Waals surface area contributed by atoms with Crippen LogP contribution in [0.25, 0.3) is 0 Å². The van der Waals surface area contributed by atoms with Gasteiger partial charge < -0.3 is 4.74 Å². The molecule has 0 aromatic heterocycles. The van der Waals surface area contributed by atoms with Gasteiger partial charge in [-0.3, -0.25) is 4.99 Å². The molecule has 0 unspecified atom stereocenters. The highest BCUT2D eigenvalue weighted by Gasteiger charge is 2.05. The maximum atomic E-state index is 13.6. The van der Waals surface area contributed by atoms with Crippen molar-refractivity contribution in [2.45, 2.75) is 13.5 Å². The van der Waals surface area contributed by atoms with Gasteiger partial charge in [0.2, 0.25) is 0 Å². The van der Waals surface area contributed by atoms with Gasteiger partial charge in [-0.1, -0.05) is 48.0 Å². The van der Waals surface area contributed by atoms with Crippen LogP contribution >= 0.6 is 11.6 Å². The van der Waals surface area contributed by atoms with Crippen molar-refractivity contribution in [2.75, 3.05) is 0 Å². The minimum Gasteiger partial charge on any atom is -0.487 e. The van der Waals surface area contributed by atoms with Crippen LogP contribution in [0.2, 0.25) is 5.02 Å². The highest BCUT2D eigenvalue weighted by atomic mass is 35.5. The van der Waals surface area contributed by atoms with E-state index in [1.54, 1.807) is 36.5 Å². The van der Waals surface area contributed by atoms with Crippen LogP contribution in [0.5, 0.6) is 5.75 Å². The summed E-state index contributed by atoms with van der Waals surface area (Å²) < 4.78 is 19.2. The van der Waals surface area contributed by atoms with E-state index in [0.29, 0.717) is 16.3 Å². The first-order valence-electron chi connectivity index (χ1n) is 7.89. The number of halogens is 2. The molecule has 2 nitrogen and oxygen atoms in total. The molecule has 0 aliphatic rings. The number of aryl methyl sites for hydroxylation is 1. The molecular formula is C21H17ClFNO. The van der Waals surface area contributed by atoms with Crippen LogP contribution in [-0.2, 0) is 6.61 Å². The summed E-state index contributed by atoms with van der Waals surface area (Å²) in [6.45, 7) is 2.14. The molecule has 0 spiro atoms. The molecule has 0 fully saturated rings.